The number of ketones is 1. The second-order valence-corrected chi connectivity index (χ2v) is 4.39. The monoisotopic (exact) mass is 255 g/mol. The average Bonchev–Trinajstić information content (AvgIpc) is 2.29. The van der Waals surface area contributed by atoms with E-state index in [2.05, 4.69) is 0 Å². The standard InChI is InChI=1S/C12H14ClNO3/c1-3-12(15)8(2)6-9-4-5-10(13)7-11(9)14(16)17/h4-5,7-8H,3,6H2,1-2H3. The molecule has 0 aromatic heterocycles. The first kappa shape index (κ1) is 13.6. The van der Waals surface area contributed by atoms with Crippen molar-refractivity contribution >= 4 is 23.1 Å². The molecule has 0 aliphatic rings. The molecular formula is C12H14ClNO3. The van der Waals surface area contributed by atoms with Gasteiger partial charge in [-0.3, -0.25) is 14.9 Å². The molecule has 0 amide bonds. The van der Waals surface area contributed by atoms with Crippen LogP contribution in [0.5, 0.6) is 0 Å². The minimum absolute atomic E-state index is 0.0201. The predicted octanol–water partition coefficient (Wildman–Crippen LogP) is 3.41. The maximum Gasteiger partial charge on any atom is 0.274 e. The molecule has 92 valence electrons. The van der Waals surface area contributed by atoms with Gasteiger partial charge in [-0.05, 0) is 12.5 Å². The normalized spacial score (nSPS) is 12.2. The third-order valence-electron chi connectivity index (χ3n) is 2.67. The number of hydrogen-bond acceptors (Lipinski definition) is 3. The zero-order chi connectivity index (χ0) is 13.0. The highest BCUT2D eigenvalue weighted by Crippen LogP contribution is 2.25. The second-order valence-electron chi connectivity index (χ2n) is 3.96. The maximum absolute atomic E-state index is 11.5. The molecule has 0 N–H and O–H groups in total. The van der Waals surface area contributed by atoms with Crippen molar-refractivity contribution in [1.29, 1.82) is 0 Å². The van der Waals surface area contributed by atoms with E-state index in [1.807, 2.05) is 0 Å². The van der Waals surface area contributed by atoms with E-state index < -0.39 is 4.92 Å². The number of carbonyl (C=O) groups is 1. The Labute approximate surface area is 105 Å². The molecule has 0 heterocycles. The molecule has 0 bridgehead atoms. The van der Waals surface area contributed by atoms with Gasteiger partial charge in [-0.15, -0.1) is 0 Å². The molecule has 1 aromatic carbocycles. The Kier molecular flexibility index (Phi) is 4.63. The topological polar surface area (TPSA) is 60.2 Å². The lowest BCUT2D eigenvalue weighted by molar-refractivity contribution is -0.385. The molecule has 0 fully saturated rings. The number of nitrogens with zero attached hydrogens (tertiary/aromatic N) is 1. The van der Waals surface area contributed by atoms with Gasteiger partial charge >= 0.3 is 0 Å². The van der Waals surface area contributed by atoms with E-state index in [1.165, 1.54) is 6.07 Å². The molecule has 5 heteroatoms. The number of carbonyl (C=O) groups excluding carboxylic acids is 1. The smallest absolute Gasteiger partial charge is 0.274 e. The van der Waals surface area contributed by atoms with Crippen LogP contribution in [-0.2, 0) is 11.2 Å². The van der Waals surface area contributed by atoms with Crippen molar-refractivity contribution < 1.29 is 9.72 Å². The van der Waals surface area contributed by atoms with Crippen molar-refractivity contribution in [3.8, 4) is 0 Å². The number of nitro groups is 1. The van der Waals surface area contributed by atoms with Gasteiger partial charge in [0.1, 0.15) is 5.78 Å². The zero-order valence-electron chi connectivity index (χ0n) is 9.77. The van der Waals surface area contributed by atoms with Gasteiger partial charge in [-0.1, -0.05) is 31.5 Å². The van der Waals surface area contributed by atoms with E-state index in [1.54, 1.807) is 26.0 Å². The lowest BCUT2D eigenvalue weighted by atomic mass is 9.95. The van der Waals surface area contributed by atoms with E-state index in [0.29, 0.717) is 23.4 Å². The van der Waals surface area contributed by atoms with Gasteiger partial charge in [0.05, 0.1) is 4.92 Å². The SMILES string of the molecule is CCC(=O)C(C)Cc1ccc(Cl)cc1[N+](=O)[O-]. The molecule has 1 rings (SSSR count). The Morgan fingerprint density at radius 1 is 1.53 bits per heavy atom. The van der Waals surface area contributed by atoms with Crippen LogP contribution in [0.25, 0.3) is 0 Å². The number of halogens is 1. The first-order chi connectivity index (χ1) is 7.95. The number of Topliss-reactive ketones (excluding diaryl/α,β-unsaturated/α-hetero) is 1. The second kappa shape index (κ2) is 5.77. The number of hydrogen-bond donors (Lipinski definition) is 0. The average molecular weight is 256 g/mol. The Balaban J connectivity index is 2.98. The number of nitro benzene ring substituents is 1. The molecule has 0 aliphatic heterocycles. The first-order valence-electron chi connectivity index (χ1n) is 5.41. The maximum atomic E-state index is 11.5. The van der Waals surface area contributed by atoms with Crippen LogP contribution in [0.2, 0.25) is 5.02 Å². The lowest BCUT2D eigenvalue weighted by Crippen LogP contribution is -2.13. The third kappa shape index (κ3) is 3.53. The van der Waals surface area contributed by atoms with Crippen LogP contribution in [0.15, 0.2) is 18.2 Å². The molecule has 4 nitrogen and oxygen atoms in total. The van der Waals surface area contributed by atoms with Gasteiger partial charge in [0.25, 0.3) is 5.69 Å². The van der Waals surface area contributed by atoms with E-state index in [0.717, 1.165) is 0 Å². The fraction of sp³-hybridized carbons (Fsp3) is 0.417. The molecule has 17 heavy (non-hydrogen) atoms. The molecular weight excluding hydrogens is 242 g/mol. The van der Waals surface area contributed by atoms with Crippen molar-refractivity contribution in [2.24, 2.45) is 5.92 Å². The minimum atomic E-state index is -0.468. The summed E-state index contributed by atoms with van der Waals surface area (Å²) in [6.07, 6.45) is 0.822. The van der Waals surface area contributed by atoms with Gasteiger partial charge in [-0.25, -0.2) is 0 Å². The van der Waals surface area contributed by atoms with Crippen LogP contribution in [0, 0.1) is 16.0 Å². The van der Waals surface area contributed by atoms with Gasteiger partial charge in [0.2, 0.25) is 0 Å². The predicted molar refractivity (Wildman–Crippen MR) is 66.3 cm³/mol. The fourth-order valence-electron chi connectivity index (χ4n) is 1.67. The summed E-state index contributed by atoms with van der Waals surface area (Å²) >= 11 is 5.72. The first-order valence-corrected chi connectivity index (χ1v) is 5.79. The Morgan fingerprint density at radius 3 is 2.71 bits per heavy atom. The van der Waals surface area contributed by atoms with E-state index in [4.69, 9.17) is 11.6 Å². The summed E-state index contributed by atoms with van der Waals surface area (Å²) in [5.74, 6) is -0.103. The number of benzene rings is 1. The molecule has 0 spiro atoms. The van der Waals surface area contributed by atoms with Crippen molar-refractivity contribution in [2.45, 2.75) is 26.7 Å². The lowest BCUT2D eigenvalue weighted by Gasteiger charge is -2.09. The Morgan fingerprint density at radius 2 is 2.18 bits per heavy atom. The van der Waals surface area contributed by atoms with Gasteiger partial charge < -0.3 is 0 Å². The van der Waals surface area contributed by atoms with E-state index in [-0.39, 0.29) is 17.4 Å². The van der Waals surface area contributed by atoms with E-state index >= 15 is 0 Å². The van der Waals surface area contributed by atoms with Crippen LogP contribution in [0.4, 0.5) is 5.69 Å². The van der Waals surface area contributed by atoms with Gasteiger partial charge in [0.15, 0.2) is 0 Å². The van der Waals surface area contributed by atoms with Crippen molar-refractivity contribution in [3.63, 3.8) is 0 Å². The minimum Gasteiger partial charge on any atom is -0.299 e. The summed E-state index contributed by atoms with van der Waals surface area (Å²) in [6.45, 7) is 3.57. The van der Waals surface area contributed by atoms with Crippen molar-refractivity contribution in [1.82, 2.24) is 0 Å². The van der Waals surface area contributed by atoms with Crippen molar-refractivity contribution in [3.05, 3.63) is 38.9 Å². The highest BCUT2D eigenvalue weighted by atomic mass is 35.5. The van der Waals surface area contributed by atoms with Crippen LogP contribution >= 0.6 is 11.6 Å². The van der Waals surface area contributed by atoms with Crippen molar-refractivity contribution in [2.75, 3.05) is 0 Å². The van der Waals surface area contributed by atoms with Gasteiger partial charge in [-0.2, -0.15) is 0 Å². The fourth-order valence-corrected chi connectivity index (χ4v) is 1.84. The molecule has 1 unspecified atom stereocenters. The van der Waals surface area contributed by atoms with Crippen LogP contribution < -0.4 is 0 Å². The highest BCUT2D eigenvalue weighted by molar-refractivity contribution is 6.30. The molecule has 0 radical (unpaired) electrons. The third-order valence-corrected chi connectivity index (χ3v) is 2.90. The summed E-state index contributed by atoms with van der Waals surface area (Å²) in [5.41, 5.74) is 0.530. The number of rotatable bonds is 5. The molecule has 1 atom stereocenters. The summed E-state index contributed by atoms with van der Waals surface area (Å²) < 4.78 is 0. The van der Waals surface area contributed by atoms with Crippen LogP contribution in [0.3, 0.4) is 0 Å². The summed E-state index contributed by atoms with van der Waals surface area (Å²) in [7, 11) is 0. The van der Waals surface area contributed by atoms with E-state index in [9.17, 15) is 14.9 Å². The quantitative estimate of drug-likeness (QED) is 0.598. The summed E-state index contributed by atoms with van der Waals surface area (Å²) in [6, 6.07) is 4.53. The molecule has 0 saturated heterocycles. The molecule has 1 aromatic rings. The summed E-state index contributed by atoms with van der Waals surface area (Å²) in [4.78, 5) is 21.9. The van der Waals surface area contributed by atoms with Crippen LogP contribution in [-0.4, -0.2) is 10.7 Å². The summed E-state index contributed by atoms with van der Waals surface area (Å²) in [5, 5.41) is 11.2. The molecule has 0 saturated carbocycles. The van der Waals surface area contributed by atoms with Gasteiger partial charge in [0, 0.05) is 29.0 Å². The highest BCUT2D eigenvalue weighted by Gasteiger charge is 2.19. The molecule has 0 aliphatic carbocycles. The zero-order valence-corrected chi connectivity index (χ0v) is 10.5. The largest absolute Gasteiger partial charge is 0.299 e. The Bertz CT molecular complexity index is 445. The Hall–Kier alpha value is -1.42. The van der Waals surface area contributed by atoms with Crippen LogP contribution in [0.1, 0.15) is 25.8 Å².